The summed E-state index contributed by atoms with van der Waals surface area (Å²) in [5.74, 6) is -2.09. The molecule has 4 heterocycles. The van der Waals surface area contributed by atoms with Crippen LogP contribution >= 0.6 is 0 Å². The van der Waals surface area contributed by atoms with E-state index in [1.165, 1.54) is 4.90 Å². The minimum Gasteiger partial charge on any atom is -0.494 e. The second-order valence-electron chi connectivity index (χ2n) is 12.5. The highest BCUT2D eigenvalue weighted by molar-refractivity contribution is 6.07. The number of amides is 3. The van der Waals surface area contributed by atoms with Crippen molar-refractivity contribution in [2.24, 2.45) is 17.8 Å². The average molecular weight is 600 g/mol. The minimum absolute atomic E-state index is 0.144. The average Bonchev–Trinajstić information content (AvgIpc) is 3.31. The summed E-state index contributed by atoms with van der Waals surface area (Å²) in [4.78, 5) is 48.8. The van der Waals surface area contributed by atoms with Gasteiger partial charge in [-0.15, -0.1) is 0 Å². The second-order valence-corrected chi connectivity index (χ2v) is 12.5. The van der Waals surface area contributed by atoms with Crippen LogP contribution in [0.15, 0.2) is 66.8 Å². The highest BCUT2D eigenvalue weighted by Crippen LogP contribution is 2.54. The number of carbonyl (C=O) groups excluding carboxylic acids is 3. The van der Waals surface area contributed by atoms with Gasteiger partial charge in [-0.3, -0.25) is 14.4 Å². The summed E-state index contributed by atoms with van der Waals surface area (Å²) in [6, 6.07) is 11.6. The number of ether oxygens (including phenoxy) is 2. The molecule has 0 bridgehead atoms. The van der Waals surface area contributed by atoms with Gasteiger partial charge in [-0.25, -0.2) is 0 Å². The van der Waals surface area contributed by atoms with Gasteiger partial charge < -0.3 is 29.3 Å². The van der Waals surface area contributed by atoms with Gasteiger partial charge in [0.25, 0.3) is 5.91 Å². The van der Waals surface area contributed by atoms with Gasteiger partial charge in [0.15, 0.2) is 0 Å². The van der Waals surface area contributed by atoms with Gasteiger partial charge in [0.2, 0.25) is 11.8 Å². The number of benzene rings is 2. The Morgan fingerprint density at radius 3 is 2.39 bits per heavy atom. The van der Waals surface area contributed by atoms with Crippen molar-refractivity contribution >= 4 is 29.1 Å². The first-order valence-electron chi connectivity index (χ1n) is 15.5. The summed E-state index contributed by atoms with van der Waals surface area (Å²) in [5, 5.41) is 10.6. The van der Waals surface area contributed by atoms with E-state index in [0.29, 0.717) is 31.1 Å². The van der Waals surface area contributed by atoms with Crippen LogP contribution in [0.4, 0.5) is 11.4 Å². The number of aliphatic hydroxyl groups excluding tert-OH is 1. The number of hydrogen-bond acceptors (Lipinski definition) is 6. The Balaban J connectivity index is 1.45. The number of carbonyl (C=O) groups is 3. The van der Waals surface area contributed by atoms with Crippen molar-refractivity contribution < 1.29 is 29.0 Å². The fourth-order valence-corrected chi connectivity index (χ4v) is 7.40. The molecule has 232 valence electrons. The highest BCUT2D eigenvalue weighted by Gasteiger charge is 2.72. The molecular formula is C35H41N3O6. The van der Waals surface area contributed by atoms with Gasteiger partial charge in [-0.05, 0) is 68.1 Å². The predicted octanol–water partition coefficient (Wildman–Crippen LogP) is 3.81. The van der Waals surface area contributed by atoms with E-state index >= 15 is 0 Å². The molecule has 2 aromatic carbocycles. The molecule has 2 fully saturated rings. The Bertz CT molecular complexity index is 1520. The molecule has 4 aliphatic rings. The Morgan fingerprint density at radius 1 is 0.977 bits per heavy atom. The number of aryl methyl sites for hydroxylation is 2. The van der Waals surface area contributed by atoms with Gasteiger partial charge >= 0.3 is 0 Å². The monoisotopic (exact) mass is 599 g/mol. The van der Waals surface area contributed by atoms with E-state index < -0.39 is 35.6 Å². The van der Waals surface area contributed by atoms with E-state index in [0.717, 1.165) is 16.8 Å². The Hall–Kier alpha value is -3.95. The summed E-state index contributed by atoms with van der Waals surface area (Å²) in [6.07, 6.45) is 6.79. The summed E-state index contributed by atoms with van der Waals surface area (Å²) in [5.41, 5.74) is 2.03. The van der Waals surface area contributed by atoms with Crippen molar-refractivity contribution in [3.63, 3.8) is 0 Å². The van der Waals surface area contributed by atoms with Crippen LogP contribution in [0.3, 0.4) is 0 Å². The number of anilines is 2. The molecule has 44 heavy (non-hydrogen) atoms. The molecule has 3 amide bonds. The second kappa shape index (κ2) is 11.5. The molecule has 0 aromatic heterocycles. The third kappa shape index (κ3) is 4.64. The molecule has 4 aliphatic heterocycles. The van der Waals surface area contributed by atoms with Crippen LogP contribution in [0.2, 0.25) is 0 Å². The number of likely N-dealkylation sites (tertiary alicyclic amines) is 1. The fourth-order valence-electron chi connectivity index (χ4n) is 7.40. The third-order valence-corrected chi connectivity index (χ3v) is 9.53. The number of fused-ring (bicyclic) bond motifs is 2. The smallest absolute Gasteiger partial charge is 0.253 e. The standard InChI is InChI=1S/C35H41N3O6/c1-6-43-25-14-12-24(13-15-25)36-17-7-9-28-29(32(36)40)30-33(41)38(27(20-39)21(2)3)31-34(42)37(18-8-16-35(30,31)44-28)26-19-22(4)10-11-23(26)5/h7-16,19,21,27-31,39H,6,17-18,20H2,1-5H3/t27-,28+,29-,30-,31?,35-/m0/s1. The summed E-state index contributed by atoms with van der Waals surface area (Å²) in [6.45, 7) is 10.5. The van der Waals surface area contributed by atoms with Gasteiger partial charge in [-0.1, -0.05) is 50.3 Å². The maximum Gasteiger partial charge on any atom is 0.253 e. The number of nitrogens with zero attached hydrogens (tertiary/aromatic N) is 3. The largest absolute Gasteiger partial charge is 0.494 e. The molecular weight excluding hydrogens is 558 g/mol. The van der Waals surface area contributed by atoms with Crippen LogP contribution in [-0.2, 0) is 19.1 Å². The Kier molecular flexibility index (Phi) is 7.88. The van der Waals surface area contributed by atoms with Gasteiger partial charge in [0.1, 0.15) is 17.4 Å². The van der Waals surface area contributed by atoms with Gasteiger partial charge in [-0.2, -0.15) is 0 Å². The normalized spacial score (nSPS) is 28.6. The van der Waals surface area contributed by atoms with E-state index in [-0.39, 0.29) is 30.2 Å². The first-order chi connectivity index (χ1) is 21.1. The minimum atomic E-state index is -1.37. The topological polar surface area (TPSA) is 99.6 Å². The lowest BCUT2D eigenvalue weighted by Crippen LogP contribution is -2.59. The van der Waals surface area contributed by atoms with Crippen LogP contribution in [0, 0.1) is 31.6 Å². The molecule has 0 aliphatic carbocycles. The lowest BCUT2D eigenvalue weighted by atomic mass is 9.77. The highest BCUT2D eigenvalue weighted by atomic mass is 16.5. The SMILES string of the molecule is CCOc1ccc(N2CC=C[C@H]3O[C@]45C=CCN(c6cc(C)ccc6C)C(=O)C4N([C@@H](CO)C(C)C)C(=O)[C@@H]5[C@H]3C2=O)cc1. The molecule has 1 unspecified atom stereocenters. The zero-order chi connectivity index (χ0) is 31.3. The van der Waals surface area contributed by atoms with Crippen molar-refractivity contribution in [1.82, 2.24) is 4.90 Å². The third-order valence-electron chi connectivity index (χ3n) is 9.53. The summed E-state index contributed by atoms with van der Waals surface area (Å²) in [7, 11) is 0. The van der Waals surface area contributed by atoms with Gasteiger partial charge in [0.05, 0.1) is 37.2 Å². The first kappa shape index (κ1) is 30.1. The molecule has 6 atom stereocenters. The maximum atomic E-state index is 14.8. The summed E-state index contributed by atoms with van der Waals surface area (Å²) >= 11 is 0. The molecule has 1 N–H and O–H groups in total. The van der Waals surface area contributed by atoms with Crippen molar-refractivity contribution in [1.29, 1.82) is 0 Å². The lowest BCUT2D eigenvalue weighted by molar-refractivity contribution is -0.145. The molecule has 0 radical (unpaired) electrons. The Morgan fingerprint density at radius 2 is 1.70 bits per heavy atom. The van der Waals surface area contributed by atoms with Crippen molar-refractivity contribution in [2.45, 2.75) is 58.4 Å². The number of rotatable bonds is 7. The quantitative estimate of drug-likeness (QED) is 0.486. The predicted molar refractivity (Wildman–Crippen MR) is 167 cm³/mol. The number of aliphatic hydroxyl groups is 1. The molecule has 9 heteroatoms. The van der Waals surface area contributed by atoms with Crippen LogP contribution in [0.25, 0.3) is 0 Å². The molecule has 2 saturated heterocycles. The Labute approximate surface area is 258 Å². The van der Waals surface area contributed by atoms with Crippen molar-refractivity contribution in [2.75, 3.05) is 36.1 Å². The zero-order valence-corrected chi connectivity index (χ0v) is 26.0. The summed E-state index contributed by atoms with van der Waals surface area (Å²) < 4.78 is 12.4. The van der Waals surface area contributed by atoms with E-state index in [1.807, 2.05) is 101 Å². The lowest BCUT2D eigenvalue weighted by Gasteiger charge is -2.40. The molecule has 0 saturated carbocycles. The van der Waals surface area contributed by atoms with Crippen LogP contribution in [0.1, 0.15) is 31.9 Å². The zero-order valence-electron chi connectivity index (χ0n) is 26.0. The van der Waals surface area contributed by atoms with E-state index in [9.17, 15) is 19.5 Å². The van der Waals surface area contributed by atoms with E-state index in [4.69, 9.17) is 9.47 Å². The maximum absolute atomic E-state index is 14.8. The molecule has 2 aromatic rings. The fraction of sp³-hybridized carbons (Fsp3) is 0.457. The van der Waals surface area contributed by atoms with Crippen molar-refractivity contribution in [3.05, 3.63) is 77.9 Å². The van der Waals surface area contributed by atoms with Crippen LogP contribution in [0.5, 0.6) is 5.75 Å². The van der Waals surface area contributed by atoms with Crippen LogP contribution < -0.4 is 14.5 Å². The van der Waals surface area contributed by atoms with E-state index in [1.54, 1.807) is 9.80 Å². The van der Waals surface area contributed by atoms with Crippen molar-refractivity contribution in [3.8, 4) is 5.75 Å². The molecule has 6 rings (SSSR count). The van der Waals surface area contributed by atoms with Crippen LogP contribution in [-0.4, -0.2) is 77.8 Å². The number of hydrogen-bond donors (Lipinski definition) is 1. The first-order valence-corrected chi connectivity index (χ1v) is 15.5. The molecule has 1 spiro atoms. The van der Waals surface area contributed by atoms with Gasteiger partial charge in [0, 0.05) is 24.5 Å². The molecule has 9 nitrogen and oxygen atoms in total. The van der Waals surface area contributed by atoms with E-state index in [2.05, 4.69) is 0 Å².